The van der Waals surface area contributed by atoms with Gasteiger partial charge in [0.1, 0.15) is 0 Å². The van der Waals surface area contributed by atoms with Crippen LogP contribution in [0.3, 0.4) is 0 Å². The summed E-state index contributed by atoms with van der Waals surface area (Å²) in [5.74, 6) is -3.23. The predicted molar refractivity (Wildman–Crippen MR) is 40.1 cm³/mol. The van der Waals surface area contributed by atoms with Gasteiger partial charge < -0.3 is 25.2 Å². The van der Waals surface area contributed by atoms with Crippen molar-refractivity contribution < 1.29 is 44.1 Å². The van der Waals surface area contributed by atoms with E-state index in [4.69, 9.17) is 15.3 Å². The molecule has 14 heavy (non-hydrogen) atoms. The summed E-state index contributed by atoms with van der Waals surface area (Å²) in [6.07, 6.45) is -0.514. The van der Waals surface area contributed by atoms with Crippen molar-refractivity contribution in [1.29, 1.82) is 0 Å². The van der Waals surface area contributed by atoms with Crippen molar-refractivity contribution in [2.45, 2.75) is 6.42 Å². The van der Waals surface area contributed by atoms with Gasteiger partial charge in [0.15, 0.2) is 11.5 Å². The third-order valence-electron chi connectivity index (χ3n) is 1.55. The maximum Gasteiger partial charge on any atom is 1.00 e. The van der Waals surface area contributed by atoms with Gasteiger partial charge in [-0.15, -0.1) is 0 Å². The van der Waals surface area contributed by atoms with Gasteiger partial charge in [0.2, 0.25) is 5.75 Å². The number of carbonyl (C=O) groups excluding carboxylic acids is 1. The molecule has 3 N–H and O–H groups in total. The summed E-state index contributed by atoms with van der Waals surface area (Å²) >= 11 is 0. The summed E-state index contributed by atoms with van der Waals surface area (Å²) in [7, 11) is 0. The van der Waals surface area contributed by atoms with Crippen LogP contribution in [0.1, 0.15) is 5.56 Å². The summed E-state index contributed by atoms with van der Waals surface area (Å²) in [4.78, 5) is 10.2. The number of benzene rings is 1. The maximum atomic E-state index is 10.2. The van der Waals surface area contributed by atoms with E-state index in [1.807, 2.05) is 0 Å². The quantitative estimate of drug-likeness (QED) is 0.327. The Kier molecular flexibility index (Phi) is 4.34. The fraction of sp³-hybridized carbons (Fsp3) is 0.125. The fourth-order valence-electron chi connectivity index (χ4n) is 0.909. The van der Waals surface area contributed by atoms with Gasteiger partial charge in [-0.25, -0.2) is 0 Å². The first kappa shape index (κ1) is 12.7. The van der Waals surface area contributed by atoms with Crippen LogP contribution in [-0.4, -0.2) is 21.3 Å². The molecule has 0 saturated heterocycles. The second-order valence-electron chi connectivity index (χ2n) is 2.49. The molecular weight excluding hydrogens is 183 g/mol. The largest absolute Gasteiger partial charge is 1.00 e. The zero-order chi connectivity index (χ0) is 10.0. The van der Waals surface area contributed by atoms with Gasteiger partial charge >= 0.3 is 18.9 Å². The van der Waals surface area contributed by atoms with Crippen molar-refractivity contribution in [3.05, 3.63) is 17.7 Å². The monoisotopic (exact) mass is 190 g/mol. The van der Waals surface area contributed by atoms with E-state index >= 15 is 0 Å². The van der Waals surface area contributed by atoms with Crippen LogP contribution in [0.15, 0.2) is 12.1 Å². The Bertz CT molecular complexity index is 350. The van der Waals surface area contributed by atoms with Crippen molar-refractivity contribution in [1.82, 2.24) is 0 Å². The molecule has 0 heterocycles. The van der Waals surface area contributed by atoms with Gasteiger partial charge in [0.05, 0.1) is 0 Å². The average molecular weight is 190 g/mol. The molecule has 0 aromatic heterocycles. The summed E-state index contributed by atoms with van der Waals surface area (Å²) in [6.45, 7) is 0. The molecule has 0 bridgehead atoms. The van der Waals surface area contributed by atoms with Crippen molar-refractivity contribution in [2.75, 3.05) is 0 Å². The summed E-state index contributed by atoms with van der Waals surface area (Å²) in [6, 6.07) is 2.29. The molecule has 70 valence electrons. The molecule has 0 saturated carbocycles. The molecule has 0 unspecified atom stereocenters. The number of hydrogen-bond donors (Lipinski definition) is 3. The molecular formula is C8H7LiO5. The third kappa shape index (κ3) is 2.59. The minimum absolute atomic E-state index is 0. The first-order valence-electron chi connectivity index (χ1n) is 3.45. The summed E-state index contributed by atoms with van der Waals surface area (Å²) in [5.41, 5.74) is -0.00435. The summed E-state index contributed by atoms with van der Waals surface area (Å²) < 4.78 is 0. The molecule has 0 amide bonds. The SMILES string of the molecule is O=C([O-])Cc1ccc(O)c(O)c1O.[Li+]. The molecule has 6 heteroatoms. The van der Waals surface area contributed by atoms with E-state index < -0.39 is 29.6 Å². The number of carboxylic acid groups (broad SMARTS) is 1. The van der Waals surface area contributed by atoms with Crippen LogP contribution in [0.5, 0.6) is 17.2 Å². The number of phenolic OH excluding ortho intramolecular Hbond substituents is 3. The second kappa shape index (κ2) is 4.79. The van der Waals surface area contributed by atoms with Crippen LogP contribution in [0, 0.1) is 0 Å². The number of rotatable bonds is 2. The first-order chi connectivity index (χ1) is 6.02. The van der Waals surface area contributed by atoms with E-state index in [2.05, 4.69) is 0 Å². The van der Waals surface area contributed by atoms with Crippen LogP contribution in [-0.2, 0) is 11.2 Å². The van der Waals surface area contributed by atoms with E-state index in [0.29, 0.717) is 0 Å². The van der Waals surface area contributed by atoms with Crippen LogP contribution in [0.25, 0.3) is 0 Å². The molecule has 0 aliphatic heterocycles. The molecule has 5 nitrogen and oxygen atoms in total. The van der Waals surface area contributed by atoms with Crippen molar-refractivity contribution in [2.24, 2.45) is 0 Å². The topological polar surface area (TPSA) is 101 Å². The fourth-order valence-corrected chi connectivity index (χ4v) is 0.909. The molecule has 1 aromatic carbocycles. The predicted octanol–water partition coefficient (Wildman–Crippen LogP) is -3.90. The molecule has 0 aliphatic carbocycles. The van der Waals surface area contributed by atoms with Gasteiger partial charge in [-0.2, -0.15) is 0 Å². The van der Waals surface area contributed by atoms with E-state index in [-0.39, 0.29) is 24.4 Å². The summed E-state index contributed by atoms with van der Waals surface area (Å²) in [5, 5.41) is 37.1. The average Bonchev–Trinajstić information content (AvgIpc) is 2.06. The molecule has 0 aliphatic rings. The Hall–Kier alpha value is -1.31. The zero-order valence-corrected chi connectivity index (χ0v) is 7.52. The maximum absolute atomic E-state index is 10.2. The molecule has 0 atom stereocenters. The van der Waals surface area contributed by atoms with E-state index in [9.17, 15) is 9.90 Å². The second-order valence-corrected chi connectivity index (χ2v) is 2.49. The number of aliphatic carboxylic acids is 1. The molecule has 0 fully saturated rings. The van der Waals surface area contributed by atoms with E-state index in [0.717, 1.165) is 6.07 Å². The van der Waals surface area contributed by atoms with Crippen LogP contribution in [0.4, 0.5) is 0 Å². The molecule has 1 rings (SSSR count). The number of hydrogen-bond acceptors (Lipinski definition) is 5. The van der Waals surface area contributed by atoms with Gasteiger partial charge in [-0.05, 0) is 6.07 Å². The molecule has 0 radical (unpaired) electrons. The Balaban J connectivity index is 0.00000169. The van der Waals surface area contributed by atoms with Crippen LogP contribution < -0.4 is 24.0 Å². The minimum atomic E-state index is -1.37. The van der Waals surface area contributed by atoms with Crippen LogP contribution in [0.2, 0.25) is 0 Å². The third-order valence-corrected chi connectivity index (χ3v) is 1.55. The number of aromatic hydroxyl groups is 3. The minimum Gasteiger partial charge on any atom is -0.550 e. The van der Waals surface area contributed by atoms with E-state index in [1.54, 1.807) is 0 Å². The van der Waals surface area contributed by atoms with Gasteiger partial charge in [-0.3, -0.25) is 0 Å². The Morgan fingerprint density at radius 1 is 1.21 bits per heavy atom. The van der Waals surface area contributed by atoms with Gasteiger partial charge in [-0.1, -0.05) is 6.07 Å². The van der Waals surface area contributed by atoms with Crippen LogP contribution >= 0.6 is 0 Å². The van der Waals surface area contributed by atoms with E-state index in [1.165, 1.54) is 6.07 Å². The van der Waals surface area contributed by atoms with Gasteiger partial charge in [0, 0.05) is 18.0 Å². The smallest absolute Gasteiger partial charge is 0.550 e. The number of carbonyl (C=O) groups is 1. The Morgan fingerprint density at radius 3 is 2.29 bits per heavy atom. The Labute approximate surface area is 91.8 Å². The van der Waals surface area contributed by atoms with Crippen molar-refractivity contribution in [3.63, 3.8) is 0 Å². The van der Waals surface area contributed by atoms with Crippen molar-refractivity contribution in [3.8, 4) is 17.2 Å². The Morgan fingerprint density at radius 2 is 1.79 bits per heavy atom. The molecule has 0 spiro atoms. The molecule has 1 aromatic rings. The van der Waals surface area contributed by atoms with Crippen molar-refractivity contribution >= 4 is 5.97 Å². The normalized spacial score (nSPS) is 9.14. The first-order valence-corrected chi connectivity index (χ1v) is 3.45. The zero-order valence-electron chi connectivity index (χ0n) is 7.52. The van der Waals surface area contributed by atoms with Gasteiger partial charge in [0.25, 0.3) is 0 Å². The number of carboxylic acids is 1. The number of phenols is 3. The standard InChI is InChI=1S/C8H8O5.Li/c9-5-2-1-4(3-6(10)11)7(12)8(5)13;/h1-2,9,12-13H,3H2,(H,10,11);/q;+1/p-1.